The van der Waals surface area contributed by atoms with Crippen molar-refractivity contribution in [2.24, 2.45) is 5.92 Å². The summed E-state index contributed by atoms with van der Waals surface area (Å²) in [7, 11) is 0. The number of nitrogens with one attached hydrogen (secondary N) is 1. The van der Waals surface area contributed by atoms with Crippen LogP contribution in [0.4, 0.5) is 0 Å². The summed E-state index contributed by atoms with van der Waals surface area (Å²) in [4.78, 5) is 40.9. The Labute approximate surface area is 184 Å². The normalized spacial score (nSPS) is 26.3. The Hall–Kier alpha value is -2.21. The Morgan fingerprint density at radius 3 is 2.45 bits per heavy atom. The average molecular weight is 424 g/mol. The molecule has 1 N–H and O–H groups in total. The fourth-order valence-electron chi connectivity index (χ4n) is 6.03. The SMILES string of the molecule is O=C1CCC(N2Cc3cc(C4CCN(CC5CCCCC5)CC4)ccc3C2=O)C(=O)N1. The van der Waals surface area contributed by atoms with E-state index in [4.69, 9.17) is 0 Å². The molecule has 166 valence electrons. The van der Waals surface area contributed by atoms with Gasteiger partial charge in [-0.3, -0.25) is 19.7 Å². The molecule has 1 atom stereocenters. The van der Waals surface area contributed by atoms with Crippen molar-refractivity contribution in [2.45, 2.75) is 76.3 Å². The van der Waals surface area contributed by atoms with Crippen molar-refractivity contribution in [1.29, 1.82) is 0 Å². The van der Waals surface area contributed by atoms with Gasteiger partial charge in [-0.25, -0.2) is 0 Å². The molecule has 4 aliphatic rings. The molecule has 2 saturated heterocycles. The Kier molecular flexibility index (Phi) is 5.83. The van der Waals surface area contributed by atoms with E-state index in [1.807, 2.05) is 6.07 Å². The second-order valence-corrected chi connectivity index (χ2v) is 9.90. The second kappa shape index (κ2) is 8.73. The lowest BCUT2D eigenvalue weighted by Crippen LogP contribution is -2.52. The molecule has 1 aliphatic carbocycles. The quantitative estimate of drug-likeness (QED) is 0.755. The van der Waals surface area contributed by atoms with E-state index >= 15 is 0 Å². The van der Waals surface area contributed by atoms with Crippen LogP contribution < -0.4 is 5.32 Å². The monoisotopic (exact) mass is 423 g/mol. The summed E-state index contributed by atoms with van der Waals surface area (Å²) in [5, 5.41) is 2.37. The maximum Gasteiger partial charge on any atom is 0.255 e. The number of amides is 3. The van der Waals surface area contributed by atoms with Crippen LogP contribution in [0.25, 0.3) is 0 Å². The van der Waals surface area contributed by atoms with Crippen molar-refractivity contribution in [3.63, 3.8) is 0 Å². The van der Waals surface area contributed by atoms with Crippen LogP contribution in [0.2, 0.25) is 0 Å². The first-order chi connectivity index (χ1) is 15.1. The number of hydrogen-bond acceptors (Lipinski definition) is 4. The maximum absolute atomic E-state index is 12.9. The van der Waals surface area contributed by atoms with E-state index in [9.17, 15) is 14.4 Å². The van der Waals surface area contributed by atoms with Gasteiger partial charge in [-0.1, -0.05) is 31.4 Å². The Bertz CT molecular complexity index is 869. The topological polar surface area (TPSA) is 69.7 Å². The van der Waals surface area contributed by atoms with Crippen LogP contribution in [0.15, 0.2) is 18.2 Å². The smallest absolute Gasteiger partial charge is 0.255 e. The number of rotatable bonds is 4. The third kappa shape index (κ3) is 4.27. The molecular weight excluding hydrogens is 390 g/mol. The predicted molar refractivity (Wildman–Crippen MR) is 117 cm³/mol. The fraction of sp³-hybridized carbons (Fsp3) is 0.640. The minimum Gasteiger partial charge on any atom is -0.322 e. The largest absolute Gasteiger partial charge is 0.322 e. The molecule has 5 rings (SSSR count). The summed E-state index contributed by atoms with van der Waals surface area (Å²) in [6, 6.07) is 5.73. The van der Waals surface area contributed by atoms with Gasteiger partial charge in [-0.2, -0.15) is 0 Å². The summed E-state index contributed by atoms with van der Waals surface area (Å²) >= 11 is 0. The first-order valence-electron chi connectivity index (χ1n) is 12.1. The predicted octanol–water partition coefficient (Wildman–Crippen LogP) is 3.21. The van der Waals surface area contributed by atoms with Gasteiger partial charge in [0, 0.05) is 25.1 Å². The third-order valence-electron chi connectivity index (χ3n) is 7.85. The number of nitrogens with zero attached hydrogens (tertiary/aromatic N) is 2. The van der Waals surface area contributed by atoms with Crippen LogP contribution in [0, 0.1) is 5.92 Å². The minimum absolute atomic E-state index is 0.0849. The Morgan fingerprint density at radius 1 is 0.935 bits per heavy atom. The summed E-state index contributed by atoms with van der Waals surface area (Å²) in [5.41, 5.74) is 3.06. The van der Waals surface area contributed by atoms with Crippen LogP contribution in [0.3, 0.4) is 0 Å². The van der Waals surface area contributed by atoms with Crippen molar-refractivity contribution in [3.8, 4) is 0 Å². The third-order valence-corrected chi connectivity index (χ3v) is 7.85. The van der Waals surface area contributed by atoms with Gasteiger partial charge in [0.25, 0.3) is 5.91 Å². The summed E-state index contributed by atoms with van der Waals surface area (Å²) in [5.74, 6) is 0.770. The van der Waals surface area contributed by atoms with Crippen molar-refractivity contribution < 1.29 is 14.4 Å². The zero-order valence-corrected chi connectivity index (χ0v) is 18.3. The van der Waals surface area contributed by atoms with E-state index in [1.165, 1.54) is 70.1 Å². The average Bonchev–Trinajstić information content (AvgIpc) is 3.10. The molecule has 3 amide bonds. The van der Waals surface area contributed by atoms with E-state index in [2.05, 4.69) is 22.3 Å². The van der Waals surface area contributed by atoms with E-state index in [0.717, 1.165) is 11.5 Å². The van der Waals surface area contributed by atoms with Gasteiger partial charge in [0.05, 0.1) is 0 Å². The Balaban J connectivity index is 1.21. The number of piperidine rings is 2. The number of likely N-dealkylation sites (tertiary alicyclic amines) is 1. The number of fused-ring (bicyclic) bond motifs is 1. The van der Waals surface area contributed by atoms with E-state index < -0.39 is 6.04 Å². The summed E-state index contributed by atoms with van der Waals surface area (Å²) < 4.78 is 0. The molecule has 6 nitrogen and oxygen atoms in total. The van der Waals surface area contributed by atoms with Gasteiger partial charge in [-0.15, -0.1) is 0 Å². The van der Waals surface area contributed by atoms with Crippen LogP contribution in [-0.4, -0.2) is 53.2 Å². The lowest BCUT2D eigenvalue weighted by atomic mass is 9.86. The zero-order valence-electron chi connectivity index (χ0n) is 18.3. The lowest BCUT2D eigenvalue weighted by molar-refractivity contribution is -0.136. The molecule has 6 heteroatoms. The molecule has 3 heterocycles. The van der Waals surface area contributed by atoms with Crippen molar-refractivity contribution in [1.82, 2.24) is 15.1 Å². The standard InChI is InChI=1S/C25H33N3O3/c29-23-9-8-22(24(30)26-23)28-16-20-14-19(6-7-21(20)25(28)31)18-10-12-27(13-11-18)15-17-4-2-1-3-5-17/h6-7,14,17-18,22H,1-5,8-13,15-16H2,(H,26,29,30). The highest BCUT2D eigenvalue weighted by Crippen LogP contribution is 2.34. The van der Waals surface area contributed by atoms with Gasteiger partial charge in [-0.05, 0) is 74.2 Å². The fourth-order valence-corrected chi connectivity index (χ4v) is 6.03. The molecule has 1 aromatic carbocycles. The van der Waals surface area contributed by atoms with Crippen molar-refractivity contribution in [3.05, 3.63) is 34.9 Å². The van der Waals surface area contributed by atoms with E-state index in [1.54, 1.807) is 4.90 Å². The van der Waals surface area contributed by atoms with E-state index in [-0.39, 0.29) is 17.7 Å². The highest BCUT2D eigenvalue weighted by molar-refractivity contribution is 6.05. The summed E-state index contributed by atoms with van der Waals surface area (Å²) in [6.45, 7) is 4.07. The van der Waals surface area contributed by atoms with Gasteiger partial charge >= 0.3 is 0 Å². The van der Waals surface area contributed by atoms with Crippen molar-refractivity contribution >= 4 is 17.7 Å². The number of carbonyl (C=O) groups is 3. The first kappa shape index (κ1) is 20.7. The number of imide groups is 1. The maximum atomic E-state index is 12.9. The van der Waals surface area contributed by atoms with Gasteiger partial charge in [0.15, 0.2) is 0 Å². The first-order valence-corrected chi connectivity index (χ1v) is 12.1. The molecule has 31 heavy (non-hydrogen) atoms. The highest BCUT2D eigenvalue weighted by Gasteiger charge is 2.39. The van der Waals surface area contributed by atoms with Crippen molar-refractivity contribution in [2.75, 3.05) is 19.6 Å². The van der Waals surface area contributed by atoms with Gasteiger partial charge in [0.2, 0.25) is 11.8 Å². The van der Waals surface area contributed by atoms with E-state index in [0.29, 0.717) is 30.9 Å². The molecule has 3 fully saturated rings. The molecular formula is C25H33N3O3. The Morgan fingerprint density at radius 2 is 1.71 bits per heavy atom. The zero-order chi connectivity index (χ0) is 21.4. The molecule has 3 aliphatic heterocycles. The number of carbonyl (C=O) groups excluding carboxylic acids is 3. The molecule has 0 aromatic heterocycles. The molecule has 0 radical (unpaired) electrons. The van der Waals surface area contributed by atoms with Crippen LogP contribution in [-0.2, 0) is 16.1 Å². The van der Waals surface area contributed by atoms with Crippen LogP contribution >= 0.6 is 0 Å². The molecule has 0 bridgehead atoms. The number of benzene rings is 1. The van der Waals surface area contributed by atoms with Gasteiger partial charge in [0.1, 0.15) is 6.04 Å². The second-order valence-electron chi connectivity index (χ2n) is 9.90. The highest BCUT2D eigenvalue weighted by atomic mass is 16.2. The molecule has 0 spiro atoms. The molecule has 1 aromatic rings. The van der Waals surface area contributed by atoms with Crippen LogP contribution in [0.1, 0.15) is 85.2 Å². The lowest BCUT2D eigenvalue weighted by Gasteiger charge is -2.35. The number of hydrogen-bond donors (Lipinski definition) is 1. The summed E-state index contributed by atoms with van der Waals surface area (Å²) in [6.07, 6.45) is 10.1. The molecule has 1 saturated carbocycles. The van der Waals surface area contributed by atoms with Crippen LogP contribution in [0.5, 0.6) is 0 Å². The molecule has 1 unspecified atom stereocenters. The minimum atomic E-state index is -0.538. The van der Waals surface area contributed by atoms with Gasteiger partial charge < -0.3 is 9.80 Å².